The normalized spacial score (nSPS) is 18.6. The van der Waals surface area contributed by atoms with E-state index in [1.54, 1.807) is 6.07 Å². The molecular formula is C22H34F3NO3. The summed E-state index contributed by atoms with van der Waals surface area (Å²) in [6.07, 6.45) is 1.48. The number of halogens is 3. The van der Waals surface area contributed by atoms with E-state index in [9.17, 15) is 13.2 Å². The van der Waals surface area contributed by atoms with Crippen molar-refractivity contribution >= 4 is 0 Å². The number of benzene rings is 1. The van der Waals surface area contributed by atoms with E-state index in [-0.39, 0.29) is 5.75 Å². The first kappa shape index (κ1) is 24.0. The Bertz CT molecular complexity index is 637. The standard InChI is InChI=1S/C22H34F3NO3/c1-4-5-6-7-8-13-27-19-10-9-17(14-18(19)22(23,24)25)11-12-21(26)15-28-20(2,3)29-16-21/h9-10,14H,4-8,11-13,15-16,26H2,1-3H3. The molecule has 0 aromatic heterocycles. The maximum atomic E-state index is 13.5. The van der Waals surface area contributed by atoms with E-state index in [0.717, 1.165) is 32.1 Å². The minimum absolute atomic E-state index is 0.106. The van der Waals surface area contributed by atoms with Gasteiger partial charge in [0.25, 0.3) is 0 Å². The van der Waals surface area contributed by atoms with Gasteiger partial charge in [0, 0.05) is 0 Å². The van der Waals surface area contributed by atoms with Crippen molar-refractivity contribution in [3.05, 3.63) is 29.3 Å². The van der Waals surface area contributed by atoms with Crippen LogP contribution in [-0.2, 0) is 22.1 Å². The Morgan fingerprint density at radius 1 is 1.07 bits per heavy atom. The number of alkyl halides is 3. The number of unbranched alkanes of at least 4 members (excludes halogenated alkanes) is 4. The minimum atomic E-state index is -4.46. The third-order valence-electron chi connectivity index (χ3n) is 5.18. The summed E-state index contributed by atoms with van der Waals surface area (Å²) in [4.78, 5) is 0. The summed E-state index contributed by atoms with van der Waals surface area (Å²) in [5.41, 5.74) is 5.44. The highest BCUT2D eigenvalue weighted by Gasteiger charge is 2.37. The molecule has 0 saturated carbocycles. The summed E-state index contributed by atoms with van der Waals surface area (Å²) in [7, 11) is 0. The largest absolute Gasteiger partial charge is 0.493 e. The van der Waals surface area contributed by atoms with Crippen LogP contribution in [0.1, 0.15) is 70.4 Å². The third-order valence-corrected chi connectivity index (χ3v) is 5.18. The quantitative estimate of drug-likeness (QED) is 0.513. The summed E-state index contributed by atoms with van der Waals surface area (Å²) < 4.78 is 57.2. The highest BCUT2D eigenvalue weighted by atomic mass is 19.4. The second kappa shape index (κ2) is 10.1. The van der Waals surface area contributed by atoms with E-state index in [1.807, 2.05) is 13.8 Å². The molecule has 7 heteroatoms. The van der Waals surface area contributed by atoms with E-state index in [4.69, 9.17) is 19.9 Å². The highest BCUT2D eigenvalue weighted by molar-refractivity contribution is 5.39. The van der Waals surface area contributed by atoms with Crippen molar-refractivity contribution in [1.82, 2.24) is 0 Å². The average molecular weight is 418 g/mol. The van der Waals surface area contributed by atoms with Crippen molar-refractivity contribution in [2.45, 2.75) is 83.2 Å². The monoisotopic (exact) mass is 417 g/mol. The number of nitrogens with two attached hydrogens (primary N) is 1. The van der Waals surface area contributed by atoms with Crippen LogP contribution >= 0.6 is 0 Å². The summed E-state index contributed by atoms with van der Waals surface area (Å²) in [5, 5.41) is 0. The molecule has 29 heavy (non-hydrogen) atoms. The molecule has 1 aromatic rings. The predicted octanol–water partition coefficient (Wildman–Crippen LogP) is 5.47. The number of ether oxygens (including phenoxy) is 3. The van der Waals surface area contributed by atoms with Gasteiger partial charge in [-0.1, -0.05) is 38.7 Å². The first-order chi connectivity index (χ1) is 13.5. The maximum Gasteiger partial charge on any atom is 0.419 e. The van der Waals surface area contributed by atoms with Crippen LogP contribution in [-0.4, -0.2) is 31.1 Å². The first-order valence-corrected chi connectivity index (χ1v) is 10.4. The summed E-state index contributed by atoms with van der Waals surface area (Å²) in [6.45, 7) is 6.66. The van der Waals surface area contributed by atoms with Crippen LogP contribution < -0.4 is 10.5 Å². The first-order valence-electron chi connectivity index (χ1n) is 10.4. The lowest BCUT2D eigenvalue weighted by atomic mass is 9.92. The number of aryl methyl sites for hydroxylation is 1. The fraction of sp³-hybridized carbons (Fsp3) is 0.727. The van der Waals surface area contributed by atoms with Crippen molar-refractivity contribution in [2.75, 3.05) is 19.8 Å². The van der Waals surface area contributed by atoms with Crippen LogP contribution in [0.5, 0.6) is 5.75 Å². The minimum Gasteiger partial charge on any atom is -0.493 e. The molecule has 4 nitrogen and oxygen atoms in total. The van der Waals surface area contributed by atoms with Gasteiger partial charge in [0.15, 0.2) is 5.79 Å². The predicted molar refractivity (Wildman–Crippen MR) is 107 cm³/mol. The van der Waals surface area contributed by atoms with Crippen molar-refractivity contribution in [3.63, 3.8) is 0 Å². The molecule has 1 aliphatic rings. The van der Waals surface area contributed by atoms with Gasteiger partial charge in [0.05, 0.1) is 30.9 Å². The number of hydrogen-bond donors (Lipinski definition) is 1. The summed E-state index contributed by atoms with van der Waals surface area (Å²) >= 11 is 0. The second-order valence-electron chi connectivity index (χ2n) is 8.43. The van der Waals surface area contributed by atoms with Gasteiger partial charge >= 0.3 is 6.18 Å². The molecule has 0 atom stereocenters. The Morgan fingerprint density at radius 3 is 2.34 bits per heavy atom. The fourth-order valence-corrected chi connectivity index (χ4v) is 3.22. The lowest BCUT2D eigenvalue weighted by Gasteiger charge is -2.41. The molecule has 2 rings (SSSR count). The molecule has 1 saturated heterocycles. The molecule has 0 radical (unpaired) electrons. The topological polar surface area (TPSA) is 53.7 Å². The second-order valence-corrected chi connectivity index (χ2v) is 8.43. The van der Waals surface area contributed by atoms with Crippen molar-refractivity contribution in [1.29, 1.82) is 0 Å². The van der Waals surface area contributed by atoms with Crippen molar-refractivity contribution < 1.29 is 27.4 Å². The molecule has 1 aromatic carbocycles. The van der Waals surface area contributed by atoms with Gasteiger partial charge in [-0.15, -0.1) is 0 Å². The van der Waals surface area contributed by atoms with Gasteiger partial charge in [-0.3, -0.25) is 0 Å². The van der Waals surface area contributed by atoms with Gasteiger partial charge in [0.2, 0.25) is 0 Å². The lowest BCUT2D eigenvalue weighted by Crippen LogP contribution is -2.57. The SMILES string of the molecule is CCCCCCCOc1ccc(CCC2(N)COC(C)(C)OC2)cc1C(F)(F)F. The van der Waals surface area contributed by atoms with Crippen LogP contribution in [0.4, 0.5) is 13.2 Å². The van der Waals surface area contributed by atoms with E-state index < -0.39 is 23.1 Å². The Morgan fingerprint density at radius 2 is 1.72 bits per heavy atom. The molecule has 1 heterocycles. The Labute approximate surface area is 171 Å². The van der Waals surface area contributed by atoms with Gasteiger partial charge in [-0.05, 0) is 50.8 Å². The van der Waals surface area contributed by atoms with Gasteiger partial charge in [-0.25, -0.2) is 0 Å². The molecule has 0 aliphatic carbocycles. The van der Waals surface area contributed by atoms with E-state index in [1.165, 1.54) is 12.1 Å². The zero-order chi connectivity index (χ0) is 21.5. The smallest absolute Gasteiger partial charge is 0.419 e. The molecule has 1 fully saturated rings. The molecule has 2 N–H and O–H groups in total. The summed E-state index contributed by atoms with van der Waals surface area (Å²) in [5.74, 6) is -0.785. The molecule has 0 bridgehead atoms. The maximum absolute atomic E-state index is 13.5. The molecular weight excluding hydrogens is 383 g/mol. The lowest BCUT2D eigenvalue weighted by molar-refractivity contribution is -0.267. The zero-order valence-corrected chi connectivity index (χ0v) is 17.7. The highest BCUT2D eigenvalue weighted by Crippen LogP contribution is 2.37. The Kier molecular flexibility index (Phi) is 8.37. The van der Waals surface area contributed by atoms with Crippen molar-refractivity contribution in [3.8, 4) is 5.75 Å². The Balaban J connectivity index is 1.96. The molecule has 166 valence electrons. The third kappa shape index (κ3) is 7.79. The van der Waals surface area contributed by atoms with Crippen LogP contribution in [0, 0.1) is 0 Å². The van der Waals surface area contributed by atoms with E-state index in [0.29, 0.717) is 38.2 Å². The molecule has 0 unspecified atom stereocenters. The fourth-order valence-electron chi connectivity index (χ4n) is 3.22. The van der Waals surface area contributed by atoms with Crippen LogP contribution in [0.2, 0.25) is 0 Å². The van der Waals surface area contributed by atoms with Crippen molar-refractivity contribution in [2.24, 2.45) is 5.73 Å². The number of rotatable bonds is 10. The van der Waals surface area contributed by atoms with Crippen LogP contribution in [0.15, 0.2) is 18.2 Å². The van der Waals surface area contributed by atoms with E-state index >= 15 is 0 Å². The molecule has 1 aliphatic heterocycles. The molecule has 0 spiro atoms. The Hall–Kier alpha value is -1.31. The average Bonchev–Trinajstić information content (AvgIpc) is 2.65. The van der Waals surface area contributed by atoms with E-state index in [2.05, 4.69) is 6.92 Å². The van der Waals surface area contributed by atoms with Crippen LogP contribution in [0.25, 0.3) is 0 Å². The van der Waals surface area contributed by atoms with Gasteiger partial charge in [-0.2, -0.15) is 13.2 Å². The molecule has 0 amide bonds. The van der Waals surface area contributed by atoms with Gasteiger partial charge < -0.3 is 19.9 Å². The zero-order valence-electron chi connectivity index (χ0n) is 17.7. The van der Waals surface area contributed by atoms with Gasteiger partial charge in [0.1, 0.15) is 5.75 Å². The summed E-state index contributed by atoms with van der Waals surface area (Å²) in [6, 6.07) is 4.27. The van der Waals surface area contributed by atoms with Crippen LogP contribution in [0.3, 0.4) is 0 Å². The number of hydrogen-bond acceptors (Lipinski definition) is 4.